The molecule has 0 aliphatic heterocycles. The fourth-order valence-electron chi connectivity index (χ4n) is 1.70. The van der Waals surface area contributed by atoms with E-state index in [1.807, 2.05) is 13.8 Å². The Bertz CT molecular complexity index is 645. The number of hydrogen-bond donors (Lipinski definition) is 3. The maximum absolute atomic E-state index is 12.3. The minimum absolute atomic E-state index is 0.124. The number of carbonyl (C=O) groups is 1. The molecule has 7 nitrogen and oxygen atoms in total. The molecule has 0 fully saturated rings. The van der Waals surface area contributed by atoms with E-state index in [0.29, 0.717) is 29.4 Å². The number of nitriles is 1. The monoisotopic (exact) mass is 320 g/mol. The average molecular weight is 321 g/mol. The number of hydrogen-bond acceptors (Lipinski definition) is 5. The summed E-state index contributed by atoms with van der Waals surface area (Å²) in [6.07, 6.45) is 0. The van der Waals surface area contributed by atoms with Crippen LogP contribution in [0.2, 0.25) is 5.02 Å². The Balaban J connectivity index is 3.08. The molecule has 0 saturated heterocycles. The van der Waals surface area contributed by atoms with Gasteiger partial charge in [0.2, 0.25) is 5.71 Å². The molecule has 0 saturated carbocycles. The topological polar surface area (TPSA) is 118 Å². The first-order valence-corrected chi connectivity index (χ1v) is 6.99. The summed E-state index contributed by atoms with van der Waals surface area (Å²) in [6.45, 7) is 4.99. The van der Waals surface area contributed by atoms with Crippen molar-refractivity contribution in [3.8, 4) is 6.07 Å². The number of nitrogens with zero attached hydrogens (tertiary/aromatic N) is 3. The molecule has 0 heterocycles. The van der Waals surface area contributed by atoms with E-state index in [2.05, 4.69) is 10.5 Å². The van der Waals surface area contributed by atoms with Gasteiger partial charge >= 0.3 is 0 Å². The zero-order chi connectivity index (χ0) is 16.7. The Morgan fingerprint density at radius 1 is 1.50 bits per heavy atom. The predicted molar refractivity (Wildman–Crippen MR) is 87.3 cm³/mol. The Morgan fingerprint density at radius 3 is 2.64 bits per heavy atom. The number of nitrogens with two attached hydrogens (primary N) is 1. The molecular formula is C14H17ClN6O. The van der Waals surface area contributed by atoms with Crippen molar-refractivity contribution >= 4 is 34.7 Å². The van der Waals surface area contributed by atoms with Crippen molar-refractivity contribution in [1.82, 2.24) is 4.90 Å². The van der Waals surface area contributed by atoms with Crippen molar-refractivity contribution in [2.45, 2.75) is 13.8 Å². The summed E-state index contributed by atoms with van der Waals surface area (Å²) >= 11 is 6.03. The van der Waals surface area contributed by atoms with Crippen LogP contribution in [0.25, 0.3) is 0 Å². The highest BCUT2D eigenvalue weighted by Crippen LogP contribution is 2.23. The summed E-state index contributed by atoms with van der Waals surface area (Å²) in [5.41, 5.74) is 8.30. The van der Waals surface area contributed by atoms with Gasteiger partial charge in [-0.25, -0.2) is 0 Å². The molecule has 0 bridgehead atoms. The van der Waals surface area contributed by atoms with Gasteiger partial charge in [0.1, 0.15) is 6.07 Å². The lowest BCUT2D eigenvalue weighted by Crippen LogP contribution is -2.30. The fourth-order valence-corrected chi connectivity index (χ4v) is 1.86. The van der Waals surface area contributed by atoms with Crippen LogP contribution in [-0.4, -0.2) is 35.4 Å². The van der Waals surface area contributed by atoms with Crippen molar-refractivity contribution < 1.29 is 4.79 Å². The van der Waals surface area contributed by atoms with E-state index < -0.39 is 5.84 Å². The van der Waals surface area contributed by atoms with Gasteiger partial charge in [0.05, 0.1) is 10.7 Å². The number of amidine groups is 1. The molecule has 0 spiro atoms. The molecule has 0 unspecified atom stereocenters. The molecule has 0 aliphatic carbocycles. The Morgan fingerprint density at radius 2 is 2.14 bits per heavy atom. The largest absolute Gasteiger partial charge is 0.382 e. The van der Waals surface area contributed by atoms with Gasteiger partial charge in [0.25, 0.3) is 5.91 Å². The maximum Gasteiger partial charge on any atom is 0.253 e. The van der Waals surface area contributed by atoms with E-state index in [-0.39, 0.29) is 11.6 Å². The lowest BCUT2D eigenvalue weighted by molar-refractivity contribution is 0.0773. The summed E-state index contributed by atoms with van der Waals surface area (Å²) in [6, 6.07) is 6.41. The third kappa shape index (κ3) is 4.20. The van der Waals surface area contributed by atoms with E-state index in [4.69, 9.17) is 28.0 Å². The minimum atomic E-state index is -0.457. The molecule has 0 atom stereocenters. The highest BCUT2D eigenvalue weighted by atomic mass is 35.5. The normalized spacial score (nSPS) is 10.7. The standard InChI is InChI=1S/C14H17ClN6O/c1-3-21(4-2)14(22)9-5-6-10(15)11(7-9)19-20-12(8-16)13(17)18/h5-7,19H,3-4H2,1-2H3,(H3,17,18)/b20-12+. The van der Waals surface area contributed by atoms with Crippen LogP contribution in [0.1, 0.15) is 24.2 Å². The number of halogens is 1. The molecular weight excluding hydrogens is 304 g/mol. The molecule has 116 valence electrons. The quantitative estimate of drug-likeness (QED) is 0.422. The van der Waals surface area contributed by atoms with Crippen LogP contribution in [0.3, 0.4) is 0 Å². The minimum Gasteiger partial charge on any atom is -0.382 e. The van der Waals surface area contributed by atoms with Crippen LogP contribution in [0.5, 0.6) is 0 Å². The molecule has 8 heteroatoms. The summed E-state index contributed by atoms with van der Waals surface area (Å²) in [4.78, 5) is 14.0. The highest BCUT2D eigenvalue weighted by molar-refractivity contribution is 6.46. The number of rotatable bonds is 6. The van der Waals surface area contributed by atoms with Crippen LogP contribution in [0.4, 0.5) is 5.69 Å². The second kappa shape index (κ2) is 8.00. The van der Waals surface area contributed by atoms with Gasteiger partial charge in [-0.15, -0.1) is 0 Å². The fraction of sp³-hybridized carbons (Fsp3) is 0.286. The first-order valence-electron chi connectivity index (χ1n) is 6.61. The Labute approximate surface area is 133 Å². The van der Waals surface area contributed by atoms with Gasteiger partial charge in [-0.1, -0.05) is 11.6 Å². The number of carbonyl (C=O) groups excluding carboxylic acids is 1. The van der Waals surface area contributed by atoms with Crippen molar-refractivity contribution in [1.29, 1.82) is 10.7 Å². The molecule has 1 rings (SSSR count). The Kier molecular flexibility index (Phi) is 6.35. The second-order valence-electron chi connectivity index (χ2n) is 4.27. The Hall–Kier alpha value is -2.59. The lowest BCUT2D eigenvalue weighted by Gasteiger charge is -2.19. The van der Waals surface area contributed by atoms with Gasteiger partial charge < -0.3 is 10.6 Å². The third-order valence-corrected chi connectivity index (χ3v) is 3.24. The van der Waals surface area contributed by atoms with Crippen molar-refractivity contribution in [2.24, 2.45) is 10.8 Å². The molecule has 1 aromatic carbocycles. The molecule has 4 N–H and O–H groups in total. The highest BCUT2D eigenvalue weighted by Gasteiger charge is 2.14. The molecule has 0 aliphatic rings. The van der Waals surface area contributed by atoms with E-state index in [1.165, 1.54) is 0 Å². The molecule has 0 aromatic heterocycles. The number of hydrazone groups is 1. The first kappa shape index (κ1) is 17.5. The van der Waals surface area contributed by atoms with Crippen molar-refractivity contribution in [3.05, 3.63) is 28.8 Å². The van der Waals surface area contributed by atoms with Crippen LogP contribution in [0.15, 0.2) is 23.3 Å². The van der Waals surface area contributed by atoms with E-state index >= 15 is 0 Å². The predicted octanol–water partition coefficient (Wildman–Crippen LogP) is 2.05. The van der Waals surface area contributed by atoms with Crippen LogP contribution < -0.4 is 11.2 Å². The smallest absolute Gasteiger partial charge is 0.253 e. The third-order valence-electron chi connectivity index (χ3n) is 2.91. The van der Waals surface area contributed by atoms with Crippen molar-refractivity contribution in [2.75, 3.05) is 18.5 Å². The zero-order valence-electron chi connectivity index (χ0n) is 12.4. The molecule has 1 aromatic rings. The molecule has 22 heavy (non-hydrogen) atoms. The van der Waals surface area contributed by atoms with Gasteiger partial charge in [-0.3, -0.25) is 15.6 Å². The first-order chi connectivity index (χ1) is 10.4. The second-order valence-corrected chi connectivity index (χ2v) is 4.68. The SMILES string of the molecule is CCN(CC)C(=O)c1ccc(Cl)c(N/N=C(\C#N)C(=N)N)c1. The van der Waals surface area contributed by atoms with E-state index in [0.717, 1.165) is 0 Å². The van der Waals surface area contributed by atoms with Crippen LogP contribution in [-0.2, 0) is 0 Å². The average Bonchev–Trinajstić information content (AvgIpc) is 2.50. The summed E-state index contributed by atoms with van der Waals surface area (Å²) in [5.74, 6) is -0.581. The van der Waals surface area contributed by atoms with E-state index in [1.54, 1.807) is 29.2 Å². The number of amides is 1. The lowest BCUT2D eigenvalue weighted by atomic mass is 10.1. The summed E-state index contributed by atoms with van der Waals surface area (Å²) in [7, 11) is 0. The summed E-state index contributed by atoms with van der Waals surface area (Å²) < 4.78 is 0. The number of anilines is 1. The van der Waals surface area contributed by atoms with Crippen molar-refractivity contribution in [3.63, 3.8) is 0 Å². The van der Waals surface area contributed by atoms with Crippen LogP contribution in [0, 0.1) is 16.7 Å². The van der Waals surface area contributed by atoms with Gasteiger partial charge in [-0.2, -0.15) is 10.4 Å². The van der Waals surface area contributed by atoms with Gasteiger partial charge in [0.15, 0.2) is 5.84 Å². The molecule has 1 amide bonds. The zero-order valence-corrected chi connectivity index (χ0v) is 13.1. The number of nitrogens with one attached hydrogen (secondary N) is 2. The summed E-state index contributed by atoms with van der Waals surface area (Å²) in [5, 5.41) is 20.0. The van der Waals surface area contributed by atoms with E-state index in [9.17, 15) is 4.79 Å². The molecule has 0 radical (unpaired) electrons. The maximum atomic E-state index is 12.3. The van der Waals surface area contributed by atoms with Crippen LogP contribution >= 0.6 is 11.6 Å². The number of benzene rings is 1. The van der Waals surface area contributed by atoms with Gasteiger partial charge in [0, 0.05) is 18.7 Å². The van der Waals surface area contributed by atoms with Gasteiger partial charge in [-0.05, 0) is 32.0 Å².